The molecule has 0 saturated carbocycles. The summed E-state index contributed by atoms with van der Waals surface area (Å²) in [6.07, 6.45) is 0. The molecule has 0 bridgehead atoms. The Labute approximate surface area is 125 Å². The minimum absolute atomic E-state index is 0.0679. The first-order valence-electron chi connectivity index (χ1n) is 5.69. The van der Waals surface area contributed by atoms with Crippen LogP contribution in [0.2, 0.25) is 10.0 Å². The van der Waals surface area contributed by atoms with Gasteiger partial charge in [-0.2, -0.15) is 0 Å². The molecule has 2 N–H and O–H groups in total. The molecule has 0 aliphatic carbocycles. The molecule has 3 nitrogen and oxygen atoms in total. The van der Waals surface area contributed by atoms with Crippen molar-refractivity contribution in [3.63, 3.8) is 0 Å². The van der Waals surface area contributed by atoms with Crippen LogP contribution in [0.25, 0.3) is 0 Å². The Kier molecular flexibility index (Phi) is 4.88. The molecule has 2 aromatic rings. The Morgan fingerprint density at radius 2 is 1.80 bits per heavy atom. The lowest BCUT2D eigenvalue weighted by atomic mass is 9.80. The van der Waals surface area contributed by atoms with Crippen molar-refractivity contribution in [1.82, 2.24) is 0 Å². The van der Waals surface area contributed by atoms with Crippen LogP contribution in [0.5, 0.6) is 5.75 Å². The van der Waals surface area contributed by atoms with Crippen LogP contribution >= 0.6 is 23.2 Å². The van der Waals surface area contributed by atoms with Crippen molar-refractivity contribution in [2.24, 2.45) is 0 Å². The van der Waals surface area contributed by atoms with Crippen molar-refractivity contribution in [3.8, 4) is 5.75 Å². The fraction of sp³-hybridized carbons (Fsp3) is 0.0769. The summed E-state index contributed by atoms with van der Waals surface area (Å²) in [6, 6.07) is 8.55. The Hall–Kier alpha value is -1.27. The van der Waals surface area contributed by atoms with E-state index in [9.17, 15) is 4.39 Å². The molecule has 0 aliphatic heterocycles. The molecule has 0 fully saturated rings. The van der Waals surface area contributed by atoms with E-state index in [2.05, 4.69) is 0 Å². The van der Waals surface area contributed by atoms with E-state index >= 15 is 0 Å². The molecule has 0 heterocycles. The lowest BCUT2D eigenvalue weighted by Gasteiger charge is -2.09. The first-order chi connectivity index (χ1) is 9.47. The predicted molar refractivity (Wildman–Crippen MR) is 77.0 cm³/mol. The third-order valence-electron chi connectivity index (χ3n) is 2.63. The van der Waals surface area contributed by atoms with Gasteiger partial charge in [-0.15, -0.1) is 0 Å². The Morgan fingerprint density at radius 3 is 2.45 bits per heavy atom. The molecule has 2 rings (SSSR count). The monoisotopic (exact) mass is 314 g/mol. The zero-order valence-electron chi connectivity index (χ0n) is 10.2. The second-order valence-electron chi connectivity index (χ2n) is 4.10. The first kappa shape index (κ1) is 15.1. The highest BCUT2D eigenvalue weighted by molar-refractivity contribution is 6.58. The van der Waals surface area contributed by atoms with Crippen LogP contribution in [0.4, 0.5) is 4.39 Å². The van der Waals surface area contributed by atoms with E-state index in [-0.39, 0.29) is 17.8 Å². The van der Waals surface area contributed by atoms with Crippen molar-refractivity contribution in [3.05, 3.63) is 57.8 Å². The van der Waals surface area contributed by atoms with Crippen LogP contribution in [-0.2, 0) is 6.61 Å². The number of ether oxygens (including phenoxy) is 1. The predicted octanol–water partition coefficient (Wildman–Crippen LogP) is 2.39. The van der Waals surface area contributed by atoms with Crippen LogP contribution in [0.3, 0.4) is 0 Å². The molecule has 0 radical (unpaired) electrons. The van der Waals surface area contributed by atoms with E-state index in [0.29, 0.717) is 15.6 Å². The van der Waals surface area contributed by atoms with Gasteiger partial charge in [0.15, 0.2) is 11.6 Å². The third-order valence-corrected chi connectivity index (χ3v) is 3.37. The highest BCUT2D eigenvalue weighted by Gasteiger charge is 2.14. The van der Waals surface area contributed by atoms with Crippen LogP contribution < -0.4 is 10.2 Å². The van der Waals surface area contributed by atoms with Crippen molar-refractivity contribution in [2.45, 2.75) is 6.61 Å². The van der Waals surface area contributed by atoms with Gasteiger partial charge in [-0.3, -0.25) is 0 Å². The van der Waals surface area contributed by atoms with Gasteiger partial charge in [-0.05, 0) is 35.3 Å². The van der Waals surface area contributed by atoms with Crippen molar-refractivity contribution < 1.29 is 19.2 Å². The van der Waals surface area contributed by atoms with Crippen molar-refractivity contribution >= 4 is 35.8 Å². The van der Waals surface area contributed by atoms with E-state index in [1.54, 1.807) is 18.2 Å². The molecule has 0 atom stereocenters. The standard InChI is InChI=1S/C13H10BCl2FO3/c15-10-3-1-8(5-11(10)16)7-20-13-6-9(14(18)19)2-4-12(13)17/h1-6,18-19H,7H2. The van der Waals surface area contributed by atoms with Crippen molar-refractivity contribution in [1.29, 1.82) is 0 Å². The quantitative estimate of drug-likeness (QED) is 0.852. The summed E-state index contributed by atoms with van der Waals surface area (Å²) in [5.74, 6) is -0.656. The normalized spacial score (nSPS) is 10.4. The molecule has 0 aliphatic rings. The van der Waals surface area contributed by atoms with Gasteiger partial charge in [0, 0.05) is 0 Å². The first-order valence-corrected chi connectivity index (χ1v) is 6.45. The number of hydrogen-bond acceptors (Lipinski definition) is 3. The summed E-state index contributed by atoms with van der Waals surface area (Å²) in [4.78, 5) is 0. The summed E-state index contributed by atoms with van der Waals surface area (Å²) in [5, 5.41) is 18.9. The van der Waals surface area contributed by atoms with Gasteiger partial charge in [0.2, 0.25) is 0 Å². The fourth-order valence-electron chi connectivity index (χ4n) is 1.58. The van der Waals surface area contributed by atoms with E-state index in [1.165, 1.54) is 12.1 Å². The number of rotatable bonds is 4. The maximum absolute atomic E-state index is 13.5. The maximum atomic E-state index is 13.5. The fourth-order valence-corrected chi connectivity index (χ4v) is 1.90. The summed E-state index contributed by atoms with van der Waals surface area (Å²) >= 11 is 11.7. The topological polar surface area (TPSA) is 49.7 Å². The van der Waals surface area contributed by atoms with Gasteiger partial charge in [0.05, 0.1) is 10.0 Å². The Morgan fingerprint density at radius 1 is 1.05 bits per heavy atom. The van der Waals surface area contributed by atoms with Gasteiger partial charge in [0.1, 0.15) is 6.61 Å². The molecule has 2 aromatic carbocycles. The average Bonchev–Trinajstić information content (AvgIpc) is 2.41. The van der Waals surface area contributed by atoms with Gasteiger partial charge < -0.3 is 14.8 Å². The van der Waals surface area contributed by atoms with Crippen LogP contribution in [0, 0.1) is 5.82 Å². The molecular weight excluding hydrogens is 305 g/mol. The lowest BCUT2D eigenvalue weighted by molar-refractivity contribution is 0.290. The van der Waals surface area contributed by atoms with E-state index < -0.39 is 12.9 Å². The lowest BCUT2D eigenvalue weighted by Crippen LogP contribution is -2.29. The molecule has 104 valence electrons. The molecular formula is C13H10BCl2FO3. The highest BCUT2D eigenvalue weighted by Crippen LogP contribution is 2.24. The SMILES string of the molecule is OB(O)c1ccc(F)c(OCc2ccc(Cl)c(Cl)c2)c1. The highest BCUT2D eigenvalue weighted by atomic mass is 35.5. The summed E-state index contributed by atoms with van der Waals surface area (Å²) in [7, 11) is -1.68. The van der Waals surface area contributed by atoms with Gasteiger partial charge in [-0.1, -0.05) is 35.3 Å². The zero-order chi connectivity index (χ0) is 14.7. The number of halogens is 3. The molecule has 20 heavy (non-hydrogen) atoms. The molecule has 0 spiro atoms. The maximum Gasteiger partial charge on any atom is 0.488 e. The Balaban J connectivity index is 2.13. The molecule has 7 heteroatoms. The zero-order valence-corrected chi connectivity index (χ0v) is 11.7. The van der Waals surface area contributed by atoms with Crippen molar-refractivity contribution in [2.75, 3.05) is 0 Å². The number of benzene rings is 2. The summed E-state index contributed by atoms with van der Waals surface area (Å²) in [6.45, 7) is 0.0821. The van der Waals surface area contributed by atoms with Crippen LogP contribution in [0.1, 0.15) is 5.56 Å². The molecule has 0 saturated heterocycles. The molecule has 0 aromatic heterocycles. The van der Waals surface area contributed by atoms with Gasteiger partial charge in [-0.25, -0.2) is 4.39 Å². The number of hydrogen-bond donors (Lipinski definition) is 2. The minimum Gasteiger partial charge on any atom is -0.486 e. The Bertz CT molecular complexity index is 623. The average molecular weight is 315 g/mol. The van der Waals surface area contributed by atoms with E-state index in [0.717, 1.165) is 6.07 Å². The van der Waals surface area contributed by atoms with Gasteiger partial charge in [0.25, 0.3) is 0 Å². The second kappa shape index (κ2) is 6.46. The second-order valence-corrected chi connectivity index (χ2v) is 4.92. The van der Waals surface area contributed by atoms with E-state index in [1.807, 2.05) is 0 Å². The minimum atomic E-state index is -1.68. The largest absolute Gasteiger partial charge is 0.488 e. The smallest absolute Gasteiger partial charge is 0.486 e. The summed E-state index contributed by atoms with van der Waals surface area (Å²) < 4.78 is 18.9. The van der Waals surface area contributed by atoms with E-state index in [4.69, 9.17) is 38.0 Å². The molecule has 0 unspecified atom stereocenters. The summed E-state index contributed by atoms with van der Waals surface area (Å²) in [5.41, 5.74) is 0.865. The third kappa shape index (κ3) is 3.64. The van der Waals surface area contributed by atoms with Crippen LogP contribution in [0.15, 0.2) is 36.4 Å². The van der Waals surface area contributed by atoms with Gasteiger partial charge >= 0.3 is 7.12 Å². The molecule has 0 amide bonds. The van der Waals surface area contributed by atoms with Crippen LogP contribution in [-0.4, -0.2) is 17.2 Å².